The molecule has 0 aromatic heterocycles. The molecule has 26 nitrogen and oxygen atoms in total. The highest BCUT2D eigenvalue weighted by atomic mass is 16.5. The topological polar surface area (TPSA) is 434 Å². The number of amides is 7. The first-order valence-corrected chi connectivity index (χ1v) is 27.9. The van der Waals surface area contributed by atoms with Crippen molar-refractivity contribution >= 4 is 75.8 Å². The molecule has 0 saturated heterocycles. The van der Waals surface area contributed by atoms with E-state index >= 15 is 0 Å². The standard InChI is InChI=1S/C59H83N13O13/c1-34-28-39(32-43(53(65)75)52(34)84-5)70-59(81)47(17-9-13-27-63)71-54(76)41-30-37(19-22-49(41)83-4)69-58(80)46(16-8-12-26-62)72-55(77)42-31-38(20-23-50(42)85-33-51(73)74)68-57(79)45(15-7-11-25-61)66-35(2)40-29-36(18-21-48(40)82-3)67-56(78)44(64)14-6-10-24-60/h18-23,28-32,44-47,66H,2,6-17,24-27,33,60-64H2,1,3-5H3,(H2,65,75)(H,67,78)(H,68,79)(H,69,80)(H,70,81)(H,71,76)(H,72,77)(H,73,74)/t44-,45-,46-,47-/m0/s1. The van der Waals surface area contributed by atoms with Crippen LogP contribution in [0.3, 0.4) is 0 Å². The van der Waals surface area contributed by atoms with Crippen molar-refractivity contribution < 1.29 is 62.4 Å². The summed E-state index contributed by atoms with van der Waals surface area (Å²) >= 11 is 0. The van der Waals surface area contributed by atoms with Gasteiger partial charge in [-0.05, 0) is 176 Å². The van der Waals surface area contributed by atoms with Gasteiger partial charge < -0.3 is 95.7 Å². The third kappa shape index (κ3) is 21.4. The van der Waals surface area contributed by atoms with Crippen LogP contribution in [0, 0.1) is 6.92 Å². The van der Waals surface area contributed by atoms with Crippen molar-refractivity contribution in [3.05, 3.63) is 101 Å². The van der Waals surface area contributed by atoms with Gasteiger partial charge >= 0.3 is 5.97 Å². The lowest BCUT2D eigenvalue weighted by molar-refractivity contribution is -0.139. The Labute approximate surface area is 494 Å². The Morgan fingerprint density at radius 2 is 0.882 bits per heavy atom. The van der Waals surface area contributed by atoms with Gasteiger partial charge in [-0.15, -0.1) is 0 Å². The molecule has 4 rings (SSSR count). The Morgan fingerprint density at radius 1 is 0.494 bits per heavy atom. The minimum atomic E-state index is -1.34. The number of primary amides is 1. The van der Waals surface area contributed by atoms with E-state index in [0.717, 1.165) is 6.42 Å². The maximum absolute atomic E-state index is 14.4. The van der Waals surface area contributed by atoms with Gasteiger partial charge in [0.05, 0.1) is 44.1 Å². The molecule has 0 saturated carbocycles. The van der Waals surface area contributed by atoms with Crippen LogP contribution in [0.2, 0.25) is 0 Å². The van der Waals surface area contributed by atoms with E-state index in [1.165, 1.54) is 63.8 Å². The molecular formula is C59H83N13O13. The van der Waals surface area contributed by atoms with Crippen LogP contribution in [0.25, 0.3) is 5.70 Å². The Kier molecular flexibility index (Phi) is 28.6. The molecule has 0 radical (unpaired) electrons. The van der Waals surface area contributed by atoms with E-state index in [1.54, 1.807) is 31.2 Å². The molecule has 0 aliphatic rings. The van der Waals surface area contributed by atoms with E-state index < -0.39 is 78.1 Å². The zero-order chi connectivity index (χ0) is 62.6. The van der Waals surface area contributed by atoms with Crippen LogP contribution in [-0.4, -0.2) is 131 Å². The highest BCUT2D eigenvalue weighted by molar-refractivity contribution is 6.07. The van der Waals surface area contributed by atoms with Crippen LogP contribution in [0.15, 0.2) is 73.3 Å². The van der Waals surface area contributed by atoms with E-state index in [1.807, 2.05) is 0 Å². The van der Waals surface area contributed by atoms with Crippen LogP contribution < -0.4 is 90.6 Å². The number of carbonyl (C=O) groups is 8. The molecular weight excluding hydrogens is 1100 g/mol. The molecule has 462 valence electrons. The molecule has 4 atom stereocenters. The second-order valence-corrected chi connectivity index (χ2v) is 19.9. The number of hydrogen-bond acceptors (Lipinski definition) is 18. The van der Waals surface area contributed by atoms with Gasteiger partial charge in [-0.25, -0.2) is 4.79 Å². The number of benzene rings is 4. The zero-order valence-electron chi connectivity index (χ0n) is 48.7. The number of methoxy groups -OCH3 is 3. The molecule has 26 heteroatoms. The summed E-state index contributed by atoms with van der Waals surface area (Å²) in [5, 5.41) is 29.3. The maximum Gasteiger partial charge on any atom is 0.341 e. The predicted octanol–water partition coefficient (Wildman–Crippen LogP) is 3.41. The molecule has 0 unspecified atom stereocenters. The van der Waals surface area contributed by atoms with Gasteiger partial charge in [-0.3, -0.25) is 33.6 Å². The number of carboxylic acid groups (broad SMARTS) is 1. The summed E-state index contributed by atoms with van der Waals surface area (Å²) in [5.74, 6) is -5.51. The molecule has 20 N–H and O–H groups in total. The van der Waals surface area contributed by atoms with Crippen LogP contribution in [0.4, 0.5) is 22.7 Å². The molecule has 4 aromatic carbocycles. The molecule has 0 heterocycles. The van der Waals surface area contributed by atoms with E-state index in [4.69, 9.17) is 53.3 Å². The molecule has 85 heavy (non-hydrogen) atoms. The second kappa shape index (κ2) is 35.3. The summed E-state index contributed by atoms with van der Waals surface area (Å²) in [6.45, 7) is 6.46. The van der Waals surface area contributed by atoms with Crippen molar-refractivity contribution in [1.82, 2.24) is 16.0 Å². The summed E-state index contributed by atoms with van der Waals surface area (Å²) in [7, 11) is 4.18. The zero-order valence-corrected chi connectivity index (χ0v) is 48.7. The Balaban J connectivity index is 1.61. The lowest BCUT2D eigenvalue weighted by atomic mass is 10.0. The lowest BCUT2D eigenvalue weighted by Gasteiger charge is -2.23. The van der Waals surface area contributed by atoms with Crippen molar-refractivity contribution in [2.75, 3.05) is 75.4 Å². The van der Waals surface area contributed by atoms with Gasteiger partial charge in [0.15, 0.2) is 6.61 Å². The van der Waals surface area contributed by atoms with E-state index in [0.29, 0.717) is 93.6 Å². The van der Waals surface area contributed by atoms with Crippen molar-refractivity contribution in [3.8, 4) is 23.0 Å². The number of ether oxygens (including phenoxy) is 4. The van der Waals surface area contributed by atoms with Crippen LogP contribution in [-0.2, 0) is 24.0 Å². The molecule has 0 aliphatic carbocycles. The van der Waals surface area contributed by atoms with Crippen LogP contribution in [0.5, 0.6) is 23.0 Å². The lowest BCUT2D eigenvalue weighted by Crippen LogP contribution is -2.44. The van der Waals surface area contributed by atoms with Gasteiger partial charge in [-0.2, -0.15) is 0 Å². The Bertz CT molecular complexity index is 2980. The molecule has 0 fully saturated rings. The van der Waals surface area contributed by atoms with Gasteiger partial charge in [0.2, 0.25) is 23.6 Å². The smallest absolute Gasteiger partial charge is 0.341 e. The molecule has 0 spiro atoms. The van der Waals surface area contributed by atoms with Crippen molar-refractivity contribution in [3.63, 3.8) is 0 Å². The third-order valence-corrected chi connectivity index (χ3v) is 13.4. The molecule has 4 aromatic rings. The third-order valence-electron chi connectivity index (χ3n) is 13.4. The number of carboxylic acids is 1. The fraction of sp³-hybridized carbons (Fsp3) is 0.424. The largest absolute Gasteiger partial charge is 0.496 e. The normalized spacial score (nSPS) is 12.2. The number of hydrogen-bond donors (Lipinski definition) is 14. The van der Waals surface area contributed by atoms with Gasteiger partial charge in [0.25, 0.3) is 17.7 Å². The summed E-state index contributed by atoms with van der Waals surface area (Å²) in [6.07, 6.45) is 5.28. The van der Waals surface area contributed by atoms with E-state index in [9.17, 15) is 43.5 Å². The van der Waals surface area contributed by atoms with Crippen molar-refractivity contribution in [1.29, 1.82) is 0 Å². The average molecular weight is 1180 g/mol. The molecule has 7 amide bonds. The second-order valence-electron chi connectivity index (χ2n) is 19.9. The van der Waals surface area contributed by atoms with E-state index in [2.05, 4.69) is 43.8 Å². The number of unbranched alkanes of at least 4 members (excludes halogenated alkanes) is 4. The van der Waals surface area contributed by atoms with Crippen LogP contribution in [0.1, 0.15) is 119 Å². The molecule has 0 aliphatic heterocycles. The number of aryl methyl sites for hydroxylation is 1. The highest BCUT2D eigenvalue weighted by Gasteiger charge is 2.29. The van der Waals surface area contributed by atoms with Gasteiger partial charge in [0, 0.05) is 34.0 Å². The summed E-state index contributed by atoms with van der Waals surface area (Å²) < 4.78 is 22.0. The number of nitrogens with one attached hydrogen (secondary N) is 7. The molecule has 0 bridgehead atoms. The average Bonchev–Trinajstić information content (AvgIpc) is 3.68. The highest BCUT2D eigenvalue weighted by Crippen LogP contribution is 2.31. The number of rotatable bonds is 38. The minimum absolute atomic E-state index is 0.0383. The fourth-order valence-corrected chi connectivity index (χ4v) is 8.94. The predicted molar refractivity (Wildman–Crippen MR) is 324 cm³/mol. The van der Waals surface area contributed by atoms with Crippen molar-refractivity contribution in [2.24, 2.45) is 34.4 Å². The number of anilines is 4. The maximum atomic E-state index is 14.4. The Morgan fingerprint density at radius 3 is 1.32 bits per heavy atom. The van der Waals surface area contributed by atoms with Gasteiger partial charge in [0.1, 0.15) is 41.1 Å². The first-order valence-electron chi connectivity index (χ1n) is 27.9. The summed E-state index contributed by atoms with van der Waals surface area (Å²) in [4.78, 5) is 108. The monoisotopic (exact) mass is 1180 g/mol. The number of aliphatic carboxylic acids is 1. The summed E-state index contributed by atoms with van der Waals surface area (Å²) in [6, 6.07) is 12.0. The summed E-state index contributed by atoms with van der Waals surface area (Å²) in [5.41, 5.74) is 36.5. The Hall–Kier alpha value is -8.82. The first kappa shape index (κ1) is 68.7. The SMILES string of the molecule is C=C(N[C@@H](CCCCN)C(=O)Nc1ccc(OCC(=O)O)c(C(=O)N[C@@H](CCCCN)C(=O)Nc2ccc(OC)c(C(=O)N[C@@H](CCCCN)C(=O)Nc3cc(C)c(OC)c(C(N)=O)c3)c2)c1)c1cc(NC(=O)[C@@H](N)CCCCN)ccc1OC. The van der Waals surface area contributed by atoms with Crippen LogP contribution >= 0.6 is 0 Å². The fourth-order valence-electron chi connectivity index (χ4n) is 8.94. The number of carbonyl (C=O) groups excluding carboxylic acids is 7. The van der Waals surface area contributed by atoms with E-state index in [-0.39, 0.29) is 82.5 Å². The first-order chi connectivity index (χ1) is 40.7. The number of nitrogens with two attached hydrogens (primary N) is 6. The van der Waals surface area contributed by atoms with Crippen molar-refractivity contribution in [2.45, 2.75) is 108 Å². The minimum Gasteiger partial charge on any atom is -0.496 e. The quantitative estimate of drug-likeness (QED) is 0.0286. The van der Waals surface area contributed by atoms with Gasteiger partial charge in [-0.1, -0.05) is 13.0 Å².